The molecular weight excluding hydrogens is 308 g/mol. The normalized spacial score (nSPS) is 11.6. The second kappa shape index (κ2) is 8.14. The van der Waals surface area contributed by atoms with E-state index in [0.717, 1.165) is 11.4 Å². The summed E-state index contributed by atoms with van der Waals surface area (Å²) in [7, 11) is 1.60. The lowest BCUT2D eigenvalue weighted by molar-refractivity contribution is -0.122. The molecule has 1 amide bonds. The first-order valence-corrected chi connectivity index (χ1v) is 7.77. The molecule has 0 aliphatic rings. The Morgan fingerprint density at radius 3 is 2.83 bits per heavy atom. The quantitative estimate of drug-likeness (QED) is 0.716. The summed E-state index contributed by atoms with van der Waals surface area (Å²) in [4.78, 5) is 30.6. The molecule has 7 nitrogen and oxygen atoms in total. The van der Waals surface area contributed by atoms with Gasteiger partial charge in [-0.05, 0) is 25.5 Å². The van der Waals surface area contributed by atoms with Gasteiger partial charge in [0.1, 0.15) is 17.6 Å². The molecule has 0 aliphatic carbocycles. The number of nitrogens with zero attached hydrogens (tertiary/aromatic N) is 1. The van der Waals surface area contributed by atoms with Crippen LogP contribution in [0.25, 0.3) is 0 Å². The highest BCUT2D eigenvalue weighted by Crippen LogP contribution is 2.18. The Kier molecular flexibility index (Phi) is 5.95. The van der Waals surface area contributed by atoms with Gasteiger partial charge < -0.3 is 20.4 Å². The number of rotatable bonds is 7. The minimum atomic E-state index is -0.395. The second-order valence-electron chi connectivity index (χ2n) is 5.39. The van der Waals surface area contributed by atoms with Gasteiger partial charge in [0.15, 0.2) is 0 Å². The van der Waals surface area contributed by atoms with Crippen molar-refractivity contribution in [3.8, 4) is 5.75 Å². The van der Waals surface area contributed by atoms with Crippen LogP contribution in [0.1, 0.15) is 24.9 Å². The average Bonchev–Trinajstić information content (AvgIpc) is 2.57. The minimum Gasteiger partial charge on any atom is -0.497 e. The molecule has 0 saturated heterocycles. The monoisotopic (exact) mass is 330 g/mol. The number of carbonyl (C=O) groups excluding carboxylic acids is 1. The number of hydrogen-bond donors (Lipinski definition) is 3. The Labute approximate surface area is 140 Å². The van der Waals surface area contributed by atoms with Gasteiger partial charge in [-0.1, -0.05) is 13.0 Å². The van der Waals surface area contributed by atoms with Crippen LogP contribution >= 0.6 is 0 Å². The molecule has 0 saturated carbocycles. The van der Waals surface area contributed by atoms with Crippen molar-refractivity contribution in [2.45, 2.75) is 32.9 Å². The lowest BCUT2D eigenvalue weighted by Gasteiger charge is -2.18. The number of H-pyrrole nitrogens is 1. The molecular formula is C17H22N4O3. The lowest BCUT2D eigenvalue weighted by Crippen LogP contribution is -2.39. The Balaban J connectivity index is 1.99. The number of anilines is 1. The van der Waals surface area contributed by atoms with Gasteiger partial charge in [0.25, 0.3) is 5.56 Å². The largest absolute Gasteiger partial charge is 0.497 e. The fourth-order valence-electron chi connectivity index (χ4n) is 2.29. The highest BCUT2D eigenvalue weighted by atomic mass is 16.5. The van der Waals surface area contributed by atoms with E-state index in [1.54, 1.807) is 14.0 Å². The van der Waals surface area contributed by atoms with Crippen LogP contribution in [0.15, 0.2) is 35.1 Å². The molecule has 2 rings (SSSR count). The number of methoxy groups -OCH3 is 1. The predicted molar refractivity (Wildman–Crippen MR) is 92.1 cm³/mol. The zero-order valence-electron chi connectivity index (χ0n) is 14.1. The topological polar surface area (TPSA) is 96.1 Å². The predicted octanol–water partition coefficient (Wildman–Crippen LogP) is 1.59. The summed E-state index contributed by atoms with van der Waals surface area (Å²) in [6, 6.07) is 8.41. The highest BCUT2D eigenvalue weighted by Gasteiger charge is 2.16. The zero-order chi connectivity index (χ0) is 17.5. The van der Waals surface area contributed by atoms with Gasteiger partial charge in [-0.25, -0.2) is 4.98 Å². The van der Waals surface area contributed by atoms with E-state index in [9.17, 15) is 9.59 Å². The van der Waals surface area contributed by atoms with Gasteiger partial charge in [-0.15, -0.1) is 0 Å². The van der Waals surface area contributed by atoms with Crippen molar-refractivity contribution >= 4 is 11.6 Å². The zero-order valence-corrected chi connectivity index (χ0v) is 14.1. The van der Waals surface area contributed by atoms with E-state index in [0.29, 0.717) is 17.9 Å². The summed E-state index contributed by atoms with van der Waals surface area (Å²) in [5.74, 6) is 0.992. The number of hydrogen-bond acceptors (Lipinski definition) is 5. The third-order valence-electron chi connectivity index (χ3n) is 3.48. The molecule has 24 heavy (non-hydrogen) atoms. The number of ether oxygens (including phenoxy) is 1. The van der Waals surface area contributed by atoms with Gasteiger partial charge in [-0.2, -0.15) is 0 Å². The van der Waals surface area contributed by atoms with Gasteiger partial charge in [0.2, 0.25) is 5.91 Å². The number of aromatic nitrogens is 2. The van der Waals surface area contributed by atoms with Crippen LogP contribution in [0.4, 0.5) is 5.69 Å². The van der Waals surface area contributed by atoms with Crippen LogP contribution in [0, 0.1) is 6.92 Å². The fraction of sp³-hybridized carbons (Fsp3) is 0.353. The average molecular weight is 330 g/mol. The Morgan fingerprint density at radius 1 is 1.38 bits per heavy atom. The van der Waals surface area contributed by atoms with Crippen molar-refractivity contribution in [1.29, 1.82) is 0 Å². The summed E-state index contributed by atoms with van der Waals surface area (Å²) < 4.78 is 5.18. The SMILES string of the molecule is CC[C@H](Nc1cccc(OC)c1)C(=O)NCc1nc(C)cc(=O)[nH]1. The van der Waals surface area contributed by atoms with E-state index in [1.807, 2.05) is 31.2 Å². The van der Waals surface area contributed by atoms with E-state index in [-0.39, 0.29) is 18.0 Å². The van der Waals surface area contributed by atoms with Gasteiger partial charge in [0.05, 0.1) is 13.7 Å². The standard InChI is InChI=1S/C17H22N4O3/c1-4-14(20-12-6-5-7-13(9-12)24-3)17(23)18-10-15-19-11(2)8-16(22)21-15/h5-9,14,20H,4,10H2,1-3H3,(H,18,23)(H,19,21,22)/t14-/m0/s1. The van der Waals surface area contributed by atoms with E-state index >= 15 is 0 Å². The third kappa shape index (κ3) is 4.84. The molecule has 7 heteroatoms. The van der Waals surface area contributed by atoms with E-state index < -0.39 is 6.04 Å². The summed E-state index contributed by atoms with van der Waals surface area (Å²) in [5, 5.41) is 5.97. The van der Waals surface area contributed by atoms with Crippen LogP contribution < -0.4 is 20.9 Å². The van der Waals surface area contributed by atoms with Crippen LogP contribution in [0.5, 0.6) is 5.75 Å². The summed E-state index contributed by atoms with van der Waals surface area (Å²) in [5.41, 5.74) is 1.19. The van der Waals surface area contributed by atoms with Gasteiger partial charge in [-0.3, -0.25) is 9.59 Å². The Morgan fingerprint density at radius 2 is 2.17 bits per heavy atom. The molecule has 1 heterocycles. The summed E-state index contributed by atoms with van der Waals surface area (Å²) in [6.45, 7) is 3.83. The van der Waals surface area contributed by atoms with Gasteiger partial charge in [0, 0.05) is 23.5 Å². The maximum atomic E-state index is 12.4. The van der Waals surface area contributed by atoms with Crippen molar-refractivity contribution in [1.82, 2.24) is 15.3 Å². The number of benzene rings is 1. The van der Waals surface area contributed by atoms with E-state index in [4.69, 9.17) is 4.74 Å². The highest BCUT2D eigenvalue weighted by molar-refractivity contribution is 5.84. The number of aryl methyl sites for hydroxylation is 1. The molecule has 0 unspecified atom stereocenters. The first-order chi connectivity index (χ1) is 11.5. The second-order valence-corrected chi connectivity index (χ2v) is 5.39. The van der Waals surface area contributed by atoms with Crippen molar-refractivity contribution < 1.29 is 9.53 Å². The van der Waals surface area contributed by atoms with E-state index in [1.165, 1.54) is 6.07 Å². The van der Waals surface area contributed by atoms with Crippen LogP contribution in [0.3, 0.4) is 0 Å². The number of nitrogens with one attached hydrogen (secondary N) is 3. The Bertz CT molecular complexity index is 757. The first kappa shape index (κ1) is 17.5. The molecule has 0 spiro atoms. The molecule has 1 aromatic carbocycles. The minimum absolute atomic E-state index is 0.163. The number of carbonyl (C=O) groups is 1. The lowest BCUT2D eigenvalue weighted by atomic mass is 10.2. The van der Waals surface area contributed by atoms with Crippen LogP contribution in [-0.2, 0) is 11.3 Å². The summed E-state index contributed by atoms with van der Waals surface area (Å²) >= 11 is 0. The van der Waals surface area contributed by atoms with Crippen molar-refractivity contribution in [3.05, 3.63) is 52.2 Å². The number of amides is 1. The molecule has 1 atom stereocenters. The number of aromatic amines is 1. The van der Waals surface area contributed by atoms with Crippen molar-refractivity contribution in [2.24, 2.45) is 0 Å². The molecule has 3 N–H and O–H groups in total. The molecule has 0 fully saturated rings. The summed E-state index contributed by atoms with van der Waals surface area (Å²) in [6.07, 6.45) is 0.612. The molecule has 128 valence electrons. The van der Waals surface area contributed by atoms with Gasteiger partial charge >= 0.3 is 0 Å². The smallest absolute Gasteiger partial charge is 0.251 e. The molecule has 0 aliphatic heterocycles. The fourth-order valence-corrected chi connectivity index (χ4v) is 2.29. The third-order valence-corrected chi connectivity index (χ3v) is 3.48. The molecule has 2 aromatic rings. The molecule has 1 aromatic heterocycles. The van der Waals surface area contributed by atoms with Crippen LogP contribution in [-0.4, -0.2) is 29.0 Å². The first-order valence-electron chi connectivity index (χ1n) is 7.77. The Hall–Kier alpha value is -2.83. The maximum absolute atomic E-state index is 12.4. The van der Waals surface area contributed by atoms with Crippen LogP contribution in [0.2, 0.25) is 0 Å². The molecule has 0 bridgehead atoms. The van der Waals surface area contributed by atoms with Crippen molar-refractivity contribution in [2.75, 3.05) is 12.4 Å². The molecule has 0 radical (unpaired) electrons. The van der Waals surface area contributed by atoms with E-state index in [2.05, 4.69) is 20.6 Å². The maximum Gasteiger partial charge on any atom is 0.251 e. The van der Waals surface area contributed by atoms with Crippen molar-refractivity contribution in [3.63, 3.8) is 0 Å².